The Morgan fingerprint density at radius 3 is 2.62 bits per heavy atom. The van der Waals surface area contributed by atoms with Crippen LogP contribution in [0.4, 0.5) is 0 Å². The van der Waals surface area contributed by atoms with Gasteiger partial charge in [0.15, 0.2) is 0 Å². The lowest BCUT2D eigenvalue weighted by molar-refractivity contribution is -0.145. The molecule has 0 radical (unpaired) electrons. The normalized spacial score (nSPS) is 32.5. The lowest BCUT2D eigenvalue weighted by Crippen LogP contribution is -2.51. The highest BCUT2D eigenvalue weighted by Gasteiger charge is 2.46. The van der Waals surface area contributed by atoms with Gasteiger partial charge in [0.05, 0.1) is 18.4 Å². The molecule has 4 unspecified atom stereocenters. The highest BCUT2D eigenvalue weighted by atomic mass is 16.4. The lowest BCUT2D eigenvalue weighted by Gasteiger charge is -2.39. The molecule has 118 valence electrons. The van der Waals surface area contributed by atoms with Crippen LogP contribution < -0.4 is 0 Å². The summed E-state index contributed by atoms with van der Waals surface area (Å²) in [5, 5.41) is 9.10. The van der Waals surface area contributed by atoms with Crippen LogP contribution in [-0.2, 0) is 14.4 Å². The molecule has 0 aromatic carbocycles. The molecule has 21 heavy (non-hydrogen) atoms. The Morgan fingerprint density at radius 1 is 1.43 bits per heavy atom. The molecule has 1 N–H and O–H groups in total. The fourth-order valence-corrected chi connectivity index (χ4v) is 3.42. The minimum Gasteiger partial charge on any atom is -0.481 e. The van der Waals surface area contributed by atoms with Crippen molar-refractivity contribution >= 4 is 17.8 Å². The van der Waals surface area contributed by atoms with Crippen molar-refractivity contribution in [1.82, 2.24) is 9.80 Å². The van der Waals surface area contributed by atoms with Crippen LogP contribution in [0.25, 0.3) is 0 Å². The van der Waals surface area contributed by atoms with Gasteiger partial charge >= 0.3 is 5.97 Å². The van der Waals surface area contributed by atoms with E-state index in [-0.39, 0.29) is 36.2 Å². The maximum absolute atomic E-state index is 12.5. The summed E-state index contributed by atoms with van der Waals surface area (Å²) in [5.41, 5.74) is 0. The van der Waals surface area contributed by atoms with E-state index in [1.54, 1.807) is 0 Å². The van der Waals surface area contributed by atoms with Gasteiger partial charge in [0.2, 0.25) is 11.8 Å². The van der Waals surface area contributed by atoms with Gasteiger partial charge in [-0.3, -0.25) is 24.2 Å². The summed E-state index contributed by atoms with van der Waals surface area (Å²) in [6.07, 6.45) is 2.06. The van der Waals surface area contributed by atoms with Gasteiger partial charge in [-0.05, 0) is 33.1 Å². The Kier molecular flexibility index (Phi) is 4.66. The van der Waals surface area contributed by atoms with E-state index >= 15 is 0 Å². The first-order chi connectivity index (χ1) is 9.86. The largest absolute Gasteiger partial charge is 0.481 e. The van der Waals surface area contributed by atoms with Gasteiger partial charge in [0.25, 0.3) is 0 Å². The average molecular weight is 296 g/mol. The molecule has 0 saturated carbocycles. The highest BCUT2D eigenvalue weighted by molar-refractivity contribution is 6.05. The molecular weight excluding hydrogens is 272 g/mol. The second kappa shape index (κ2) is 6.13. The van der Waals surface area contributed by atoms with Crippen molar-refractivity contribution in [3.8, 4) is 0 Å². The fraction of sp³-hybridized carbons (Fsp3) is 0.800. The molecule has 2 heterocycles. The summed E-state index contributed by atoms with van der Waals surface area (Å²) < 4.78 is 0. The third-order valence-corrected chi connectivity index (χ3v) is 4.87. The number of aliphatic carboxylic acids is 1. The van der Waals surface area contributed by atoms with Gasteiger partial charge in [-0.2, -0.15) is 0 Å². The number of carbonyl (C=O) groups excluding carboxylic acids is 2. The first kappa shape index (κ1) is 15.9. The number of likely N-dealkylation sites (tertiary alicyclic amines) is 2. The van der Waals surface area contributed by atoms with Crippen molar-refractivity contribution in [3.05, 3.63) is 0 Å². The lowest BCUT2D eigenvalue weighted by atomic mass is 9.90. The van der Waals surface area contributed by atoms with Gasteiger partial charge in [-0.25, -0.2) is 0 Å². The maximum Gasteiger partial charge on any atom is 0.306 e. The SMILES string of the molecule is CCC(C)N1C(=O)CC(N2CCC(C(=O)O)CC2C)C1=O. The van der Waals surface area contributed by atoms with E-state index in [2.05, 4.69) is 0 Å². The van der Waals surface area contributed by atoms with Crippen molar-refractivity contribution in [2.45, 2.75) is 64.6 Å². The van der Waals surface area contributed by atoms with Crippen LogP contribution >= 0.6 is 0 Å². The molecular formula is C15H24N2O4. The predicted octanol–water partition coefficient (Wildman–Crippen LogP) is 1.10. The Bertz CT molecular complexity index is 451. The summed E-state index contributed by atoms with van der Waals surface area (Å²) in [7, 11) is 0. The second-order valence-electron chi connectivity index (χ2n) is 6.23. The number of carbonyl (C=O) groups is 3. The third-order valence-electron chi connectivity index (χ3n) is 4.87. The molecule has 2 fully saturated rings. The van der Waals surface area contributed by atoms with Gasteiger partial charge in [-0.15, -0.1) is 0 Å². The Labute approximate surface area is 125 Å². The van der Waals surface area contributed by atoms with Crippen LogP contribution in [0.5, 0.6) is 0 Å². The number of nitrogens with zero attached hydrogens (tertiary/aromatic N) is 2. The molecule has 4 atom stereocenters. The molecule has 2 rings (SSSR count). The van der Waals surface area contributed by atoms with Gasteiger partial charge in [0, 0.05) is 18.6 Å². The molecule has 2 amide bonds. The summed E-state index contributed by atoms with van der Waals surface area (Å²) in [5.74, 6) is -1.33. The Balaban J connectivity index is 2.08. The zero-order valence-electron chi connectivity index (χ0n) is 12.9. The van der Waals surface area contributed by atoms with Crippen molar-refractivity contribution in [1.29, 1.82) is 0 Å². The standard InChI is InChI=1S/C15H24N2O4/c1-4-9(2)17-13(18)8-12(14(17)19)16-6-5-11(15(20)21)7-10(16)3/h9-12H,4-8H2,1-3H3,(H,20,21). The van der Waals surface area contributed by atoms with E-state index in [1.165, 1.54) is 4.90 Å². The molecule has 6 nitrogen and oxygen atoms in total. The average Bonchev–Trinajstić information content (AvgIpc) is 2.73. The summed E-state index contributed by atoms with van der Waals surface area (Å²) in [6, 6.07) is -0.461. The molecule has 2 aliphatic heterocycles. The Morgan fingerprint density at radius 2 is 2.10 bits per heavy atom. The number of hydrogen-bond acceptors (Lipinski definition) is 4. The third kappa shape index (κ3) is 2.95. The molecule has 0 aromatic rings. The van der Waals surface area contributed by atoms with Crippen LogP contribution in [0.1, 0.15) is 46.5 Å². The summed E-state index contributed by atoms with van der Waals surface area (Å²) >= 11 is 0. The van der Waals surface area contributed by atoms with Crippen molar-refractivity contribution in [2.24, 2.45) is 5.92 Å². The minimum atomic E-state index is -0.767. The van der Waals surface area contributed by atoms with E-state index in [0.29, 0.717) is 19.4 Å². The summed E-state index contributed by atoms with van der Waals surface area (Å²) in [6.45, 7) is 6.35. The maximum atomic E-state index is 12.5. The van der Waals surface area contributed by atoms with Crippen molar-refractivity contribution in [2.75, 3.05) is 6.54 Å². The predicted molar refractivity (Wildman–Crippen MR) is 76.5 cm³/mol. The molecule has 6 heteroatoms. The highest BCUT2D eigenvalue weighted by Crippen LogP contribution is 2.30. The van der Waals surface area contributed by atoms with Crippen LogP contribution in [0, 0.1) is 5.92 Å². The molecule has 0 spiro atoms. The van der Waals surface area contributed by atoms with E-state index in [1.807, 2.05) is 25.7 Å². The van der Waals surface area contributed by atoms with Gasteiger partial charge in [0.1, 0.15) is 0 Å². The quantitative estimate of drug-likeness (QED) is 0.786. The zero-order valence-corrected chi connectivity index (χ0v) is 12.9. The van der Waals surface area contributed by atoms with Crippen LogP contribution in [-0.4, -0.2) is 57.4 Å². The second-order valence-corrected chi connectivity index (χ2v) is 6.23. The fourth-order valence-electron chi connectivity index (χ4n) is 3.42. The topological polar surface area (TPSA) is 77.9 Å². The number of imide groups is 1. The van der Waals surface area contributed by atoms with E-state index in [9.17, 15) is 14.4 Å². The number of carboxylic acid groups (broad SMARTS) is 1. The van der Waals surface area contributed by atoms with Crippen molar-refractivity contribution < 1.29 is 19.5 Å². The number of piperidine rings is 1. The van der Waals surface area contributed by atoms with Crippen LogP contribution in [0.3, 0.4) is 0 Å². The number of carboxylic acids is 1. The number of rotatable bonds is 4. The van der Waals surface area contributed by atoms with E-state index in [4.69, 9.17) is 5.11 Å². The Hall–Kier alpha value is -1.43. The number of amides is 2. The smallest absolute Gasteiger partial charge is 0.306 e. The van der Waals surface area contributed by atoms with Crippen LogP contribution in [0.2, 0.25) is 0 Å². The van der Waals surface area contributed by atoms with E-state index in [0.717, 1.165) is 6.42 Å². The van der Waals surface area contributed by atoms with Gasteiger partial charge < -0.3 is 5.11 Å². The van der Waals surface area contributed by atoms with Gasteiger partial charge in [-0.1, -0.05) is 6.92 Å². The molecule has 0 aliphatic carbocycles. The first-order valence-corrected chi connectivity index (χ1v) is 7.71. The molecule has 0 bridgehead atoms. The minimum absolute atomic E-state index is 0.0125. The summed E-state index contributed by atoms with van der Waals surface area (Å²) in [4.78, 5) is 39.1. The molecule has 0 aromatic heterocycles. The first-order valence-electron chi connectivity index (χ1n) is 7.71. The number of hydrogen-bond donors (Lipinski definition) is 1. The monoisotopic (exact) mass is 296 g/mol. The zero-order chi connectivity index (χ0) is 15.7. The van der Waals surface area contributed by atoms with Crippen LogP contribution in [0.15, 0.2) is 0 Å². The van der Waals surface area contributed by atoms with Crippen molar-refractivity contribution in [3.63, 3.8) is 0 Å². The van der Waals surface area contributed by atoms with E-state index < -0.39 is 12.0 Å². The molecule has 2 saturated heterocycles. The molecule has 2 aliphatic rings.